The van der Waals surface area contributed by atoms with Gasteiger partial charge in [0.2, 0.25) is 0 Å². The predicted molar refractivity (Wildman–Crippen MR) is 436 cm³/mol. The highest BCUT2D eigenvalue weighted by molar-refractivity contribution is 7.26. The Morgan fingerprint density at radius 1 is 0.276 bits per heavy atom. The lowest BCUT2D eigenvalue weighted by molar-refractivity contribution is 0.575. The Kier molecular flexibility index (Phi) is 12.2. The summed E-state index contributed by atoms with van der Waals surface area (Å²) in [6.45, 7) is 2.48. The molecule has 105 heavy (non-hydrogen) atoms. The highest BCUT2D eigenvalue weighted by Gasteiger charge is 2.54. The van der Waals surface area contributed by atoms with E-state index >= 15 is 0 Å². The minimum Gasteiger partial charge on any atom is -0.456 e. The summed E-state index contributed by atoms with van der Waals surface area (Å²) < 4.78 is 9.85. The van der Waals surface area contributed by atoms with Crippen LogP contribution >= 0.6 is 11.3 Å². The van der Waals surface area contributed by atoms with Crippen LogP contribution in [0.2, 0.25) is 0 Å². The molecule has 1 unspecified atom stereocenters. The highest BCUT2D eigenvalue weighted by Crippen LogP contribution is 2.66. The van der Waals surface area contributed by atoms with Crippen molar-refractivity contribution in [2.45, 2.75) is 29.6 Å². The van der Waals surface area contributed by atoms with Crippen molar-refractivity contribution in [2.75, 3.05) is 9.80 Å². The SMILES string of the molecule is CC1(Cc2cccc3c2oc2ccc(N(c4ccc(-c5ccccc5)cc4)c4ccc5c(c4)C4(c6ccccc6-c6ccccc64)c4ccccc4-5)cc23)c2ccccc2-c2ccc(N(c3ccc4c(c3)C3(c5ccccc5-c5ccccc53)c3ccccc3-4)c3cccc4c3sc3ccccc34)cc21. The summed E-state index contributed by atoms with van der Waals surface area (Å²) in [7, 11) is 0. The van der Waals surface area contributed by atoms with Crippen molar-refractivity contribution < 1.29 is 4.42 Å². The molecular weight excluding hydrogens is 1290 g/mol. The average Bonchev–Trinajstić information content (AvgIpc) is 1.52. The first-order valence-corrected chi connectivity index (χ1v) is 37.5. The van der Waals surface area contributed by atoms with Gasteiger partial charge in [-0.1, -0.05) is 286 Å². The number of hydrogen-bond donors (Lipinski definition) is 0. The van der Waals surface area contributed by atoms with E-state index in [9.17, 15) is 0 Å². The average molecular weight is 1350 g/mol. The number of para-hydroxylation sites is 1. The molecule has 0 fully saturated rings. The van der Waals surface area contributed by atoms with Crippen LogP contribution < -0.4 is 9.80 Å². The molecule has 4 heteroatoms. The molecule has 2 heterocycles. The number of fused-ring (bicyclic) bond motifs is 29. The van der Waals surface area contributed by atoms with Gasteiger partial charge in [-0.2, -0.15) is 0 Å². The Morgan fingerprint density at radius 3 is 1.22 bits per heavy atom. The molecule has 3 nitrogen and oxygen atoms in total. The summed E-state index contributed by atoms with van der Waals surface area (Å²) in [5, 5.41) is 4.72. The van der Waals surface area contributed by atoms with Crippen molar-refractivity contribution in [3.63, 3.8) is 0 Å². The third kappa shape index (κ3) is 7.93. The minimum atomic E-state index is -0.507. The number of nitrogens with zero attached hydrogens (tertiary/aromatic N) is 2. The summed E-state index contributed by atoms with van der Waals surface area (Å²) in [5.74, 6) is 0. The maximum atomic E-state index is 7.31. The molecule has 2 aromatic heterocycles. The fraction of sp³-hybridized carbons (Fsp3) is 0.0495. The Labute approximate surface area is 613 Å². The van der Waals surface area contributed by atoms with Crippen LogP contribution in [0.15, 0.2) is 362 Å². The van der Waals surface area contributed by atoms with Gasteiger partial charge in [-0.05, 0) is 213 Å². The fourth-order valence-corrected chi connectivity index (χ4v) is 21.3. The zero-order chi connectivity index (χ0) is 68.9. The first-order chi connectivity index (χ1) is 51.9. The molecule has 0 aliphatic heterocycles. The molecule has 0 radical (unpaired) electrons. The van der Waals surface area contributed by atoms with Crippen molar-refractivity contribution in [3.05, 3.63) is 419 Å². The van der Waals surface area contributed by atoms with E-state index in [1.54, 1.807) is 0 Å². The van der Waals surface area contributed by atoms with E-state index in [-0.39, 0.29) is 0 Å². The van der Waals surface area contributed by atoms with E-state index in [0.717, 1.165) is 56.1 Å². The molecule has 0 N–H and O–H groups in total. The zero-order valence-corrected chi connectivity index (χ0v) is 58.3. The quantitative estimate of drug-likeness (QED) is 0.144. The van der Waals surface area contributed by atoms with Gasteiger partial charge in [0.05, 0.1) is 21.2 Å². The molecule has 0 saturated heterocycles. The van der Waals surface area contributed by atoms with Crippen LogP contribution in [0.25, 0.3) is 109 Å². The van der Waals surface area contributed by atoms with Crippen LogP contribution in [0.4, 0.5) is 34.1 Å². The van der Waals surface area contributed by atoms with Crippen molar-refractivity contribution in [3.8, 4) is 66.8 Å². The van der Waals surface area contributed by atoms with Crippen molar-refractivity contribution in [1.82, 2.24) is 0 Å². The molecule has 5 aliphatic rings. The molecular formula is C101H64N2OS. The second-order valence-corrected chi connectivity index (χ2v) is 30.5. The summed E-state index contributed by atoms with van der Waals surface area (Å²) in [5.41, 5.74) is 36.5. The van der Waals surface area contributed by atoms with E-state index in [1.165, 1.54) is 148 Å². The molecule has 5 aliphatic carbocycles. The third-order valence-electron chi connectivity index (χ3n) is 24.4. The van der Waals surface area contributed by atoms with Gasteiger partial charge >= 0.3 is 0 Å². The van der Waals surface area contributed by atoms with Crippen molar-refractivity contribution in [1.29, 1.82) is 0 Å². The van der Waals surface area contributed by atoms with Crippen LogP contribution in [0, 0.1) is 0 Å². The smallest absolute Gasteiger partial charge is 0.138 e. The molecule has 18 aromatic rings. The summed E-state index contributed by atoms with van der Waals surface area (Å²) in [6.07, 6.45) is 0.709. The largest absolute Gasteiger partial charge is 0.456 e. The molecule has 0 amide bonds. The lowest BCUT2D eigenvalue weighted by Crippen LogP contribution is -2.26. The third-order valence-corrected chi connectivity index (χ3v) is 25.6. The molecule has 0 bridgehead atoms. The lowest BCUT2D eigenvalue weighted by atomic mass is 9.70. The molecule has 16 aromatic carbocycles. The molecule has 23 rings (SSSR count). The summed E-state index contributed by atoms with van der Waals surface area (Å²) in [4.78, 5) is 5.04. The first kappa shape index (κ1) is 58.7. The number of hydrogen-bond acceptors (Lipinski definition) is 4. The van der Waals surface area contributed by atoms with Gasteiger partial charge in [0.15, 0.2) is 0 Å². The van der Waals surface area contributed by atoms with Crippen LogP contribution in [0.5, 0.6) is 0 Å². The lowest BCUT2D eigenvalue weighted by Gasteiger charge is -2.33. The maximum Gasteiger partial charge on any atom is 0.138 e. The number of furan rings is 1. The molecule has 2 spiro atoms. The summed E-state index contributed by atoms with van der Waals surface area (Å²) in [6, 6.07) is 135. The predicted octanol–water partition coefficient (Wildman–Crippen LogP) is 26.8. The topological polar surface area (TPSA) is 19.6 Å². The van der Waals surface area contributed by atoms with Crippen molar-refractivity contribution >= 4 is 87.6 Å². The van der Waals surface area contributed by atoms with E-state index < -0.39 is 16.2 Å². The Bertz CT molecular complexity index is 6620. The van der Waals surface area contributed by atoms with Crippen LogP contribution in [0.1, 0.15) is 68.1 Å². The van der Waals surface area contributed by atoms with Gasteiger partial charge < -0.3 is 14.2 Å². The second kappa shape index (κ2) is 21.8. The highest BCUT2D eigenvalue weighted by atomic mass is 32.1. The van der Waals surface area contributed by atoms with Crippen LogP contribution in [-0.2, 0) is 22.7 Å². The number of thiophene rings is 1. The van der Waals surface area contributed by atoms with Crippen molar-refractivity contribution in [2.24, 2.45) is 0 Å². The van der Waals surface area contributed by atoms with Gasteiger partial charge in [-0.25, -0.2) is 0 Å². The number of rotatable bonds is 9. The number of anilines is 6. The van der Waals surface area contributed by atoms with Gasteiger partial charge in [0.25, 0.3) is 0 Å². The number of benzene rings is 16. The van der Waals surface area contributed by atoms with E-state index in [1.807, 2.05) is 11.3 Å². The first-order valence-electron chi connectivity index (χ1n) is 36.7. The van der Waals surface area contributed by atoms with Gasteiger partial charge in [-0.15, -0.1) is 11.3 Å². The zero-order valence-electron chi connectivity index (χ0n) is 57.5. The Balaban J connectivity index is 0.679. The van der Waals surface area contributed by atoms with Crippen LogP contribution in [0.3, 0.4) is 0 Å². The Morgan fingerprint density at radius 2 is 0.667 bits per heavy atom. The summed E-state index contributed by atoms with van der Waals surface area (Å²) >= 11 is 1.89. The van der Waals surface area contributed by atoms with E-state index in [0.29, 0.717) is 6.42 Å². The monoisotopic (exact) mass is 1350 g/mol. The standard InChI is InChI=1S/C101H64N2OS/c1-99(61-64-25-21-34-81-83-57-66(52-56-95(83)104-97(64)81)102(65-47-45-63(46-48-65)62-23-3-2-4-24-62)67-49-54-78-75-31-10-18-41-89(75)100(92(78)59-67)85-37-14-6-27-71(85)72-28-7-15-38-86(72)100)84-36-13-5-26-70(84)77-53-50-68(58-91(77)99)103(94-43-22-35-82-80-33-12-20-44-96(80)105-98(82)94)69-51-55-79-76-32-11-19-42-90(76)101(93(79)60-69)87-39-16-8-29-73(87)74-30-9-17-40-88(74)101/h2-60H,61H2,1H3. The van der Waals surface area contributed by atoms with Gasteiger partial charge in [0.1, 0.15) is 11.2 Å². The maximum absolute atomic E-state index is 7.31. The fourth-order valence-electron chi connectivity index (χ4n) is 20.1. The minimum absolute atomic E-state index is 0.468. The van der Waals surface area contributed by atoms with E-state index in [4.69, 9.17) is 4.42 Å². The van der Waals surface area contributed by atoms with Crippen LogP contribution in [-0.4, -0.2) is 0 Å². The molecule has 0 saturated carbocycles. The normalized spacial score (nSPS) is 15.1. The molecule has 1 atom stereocenters. The van der Waals surface area contributed by atoms with Gasteiger partial charge in [-0.3, -0.25) is 0 Å². The second-order valence-electron chi connectivity index (χ2n) is 29.4. The Hall–Kier alpha value is -12.9. The molecule has 490 valence electrons. The van der Waals surface area contributed by atoms with E-state index in [2.05, 4.69) is 375 Å². The van der Waals surface area contributed by atoms with Gasteiger partial charge in [0, 0.05) is 60.1 Å².